The Morgan fingerprint density at radius 1 is 1.29 bits per heavy atom. The number of hydrogen-bond donors (Lipinski definition) is 1. The lowest BCUT2D eigenvalue weighted by Crippen LogP contribution is -2.56. The van der Waals surface area contributed by atoms with E-state index in [4.69, 9.17) is 4.74 Å². The van der Waals surface area contributed by atoms with Crippen LogP contribution >= 0.6 is 12.4 Å². The van der Waals surface area contributed by atoms with Gasteiger partial charge in [0.2, 0.25) is 0 Å². The first-order chi connectivity index (χ1) is 11.3. The van der Waals surface area contributed by atoms with Crippen LogP contribution in [0.4, 0.5) is 0 Å². The third-order valence-electron chi connectivity index (χ3n) is 6.72. The van der Waals surface area contributed by atoms with Crippen LogP contribution < -0.4 is 4.74 Å². The van der Waals surface area contributed by atoms with Crippen LogP contribution in [0.25, 0.3) is 10.9 Å². The van der Waals surface area contributed by atoms with E-state index in [1.165, 1.54) is 49.7 Å². The van der Waals surface area contributed by atoms with E-state index in [-0.39, 0.29) is 12.4 Å². The monoisotopic (exact) mass is 346 g/mol. The van der Waals surface area contributed by atoms with Crippen molar-refractivity contribution in [2.75, 3.05) is 20.2 Å². The fourth-order valence-corrected chi connectivity index (χ4v) is 5.80. The van der Waals surface area contributed by atoms with Crippen molar-refractivity contribution in [3.05, 3.63) is 29.5 Å². The molecule has 5 atom stereocenters. The van der Waals surface area contributed by atoms with Gasteiger partial charge in [0.05, 0.1) is 7.11 Å². The maximum Gasteiger partial charge on any atom is 0.119 e. The quantitative estimate of drug-likeness (QED) is 0.875. The summed E-state index contributed by atoms with van der Waals surface area (Å²) in [5, 5.41) is 1.39. The molecule has 3 fully saturated rings. The van der Waals surface area contributed by atoms with Gasteiger partial charge in [-0.1, -0.05) is 13.3 Å². The zero-order chi connectivity index (χ0) is 15.6. The summed E-state index contributed by atoms with van der Waals surface area (Å²) in [4.78, 5) is 6.63. The molecule has 0 radical (unpaired) electrons. The van der Waals surface area contributed by atoms with Gasteiger partial charge in [0.15, 0.2) is 0 Å². The topological polar surface area (TPSA) is 28.3 Å². The van der Waals surface area contributed by atoms with E-state index < -0.39 is 0 Å². The highest BCUT2D eigenvalue weighted by atomic mass is 35.5. The van der Waals surface area contributed by atoms with Gasteiger partial charge in [0.25, 0.3) is 0 Å². The minimum absolute atomic E-state index is 0. The summed E-state index contributed by atoms with van der Waals surface area (Å²) < 4.78 is 5.46. The predicted octanol–water partition coefficient (Wildman–Crippen LogP) is 4.36. The van der Waals surface area contributed by atoms with E-state index in [0.717, 1.165) is 23.6 Å². The first kappa shape index (κ1) is 16.3. The Kier molecular flexibility index (Phi) is 4.04. The first-order valence-corrected chi connectivity index (χ1v) is 9.21. The van der Waals surface area contributed by atoms with Crippen LogP contribution in [0.5, 0.6) is 5.75 Å². The summed E-state index contributed by atoms with van der Waals surface area (Å²) in [7, 11) is 1.76. The predicted molar refractivity (Wildman–Crippen MR) is 100 cm³/mol. The third kappa shape index (κ3) is 2.21. The molecule has 6 rings (SSSR count). The summed E-state index contributed by atoms with van der Waals surface area (Å²) in [5.41, 5.74) is 4.40. The van der Waals surface area contributed by atoms with E-state index >= 15 is 0 Å². The van der Waals surface area contributed by atoms with Crippen LogP contribution in [0.3, 0.4) is 0 Å². The molecule has 1 aromatic heterocycles. The van der Waals surface area contributed by atoms with Crippen molar-refractivity contribution in [2.45, 2.75) is 44.6 Å². The van der Waals surface area contributed by atoms with E-state index in [2.05, 4.69) is 35.0 Å². The van der Waals surface area contributed by atoms with Gasteiger partial charge in [-0.15, -0.1) is 12.4 Å². The second-order valence-electron chi connectivity index (χ2n) is 7.78. The standard InChI is InChI=1S/C20H26N2O.ClH/c1-3-13-8-12-9-17-19-15(6-7-22(11-12)20(13)17)16-10-14(23-2)4-5-18(16)21-19;/h4-5,10,12-13,17,20-21H,3,6-9,11H2,1-2H3;1H. The number of methoxy groups -OCH3 is 1. The Hall–Kier alpha value is -1.19. The highest BCUT2D eigenvalue weighted by molar-refractivity contribution is 5.86. The summed E-state index contributed by atoms with van der Waals surface area (Å²) in [5.74, 6) is 3.48. The van der Waals surface area contributed by atoms with Crippen molar-refractivity contribution in [2.24, 2.45) is 11.8 Å². The Morgan fingerprint density at radius 2 is 2.17 bits per heavy atom. The van der Waals surface area contributed by atoms with E-state index in [0.29, 0.717) is 5.92 Å². The van der Waals surface area contributed by atoms with Crippen LogP contribution in [0.1, 0.15) is 43.4 Å². The maximum atomic E-state index is 5.46. The van der Waals surface area contributed by atoms with Crippen LogP contribution in [-0.4, -0.2) is 36.1 Å². The largest absolute Gasteiger partial charge is 0.497 e. The SMILES string of the molecule is CCC1CC2CC3c4[nH]c5ccc(OC)cc5c4CCN(C2)C13.Cl. The van der Waals surface area contributed by atoms with Gasteiger partial charge in [0.1, 0.15) is 5.75 Å². The van der Waals surface area contributed by atoms with E-state index in [9.17, 15) is 0 Å². The van der Waals surface area contributed by atoms with E-state index in [1.807, 2.05) is 0 Å². The second-order valence-corrected chi connectivity index (χ2v) is 7.78. The number of fused-ring (bicyclic) bond motifs is 4. The van der Waals surface area contributed by atoms with Crippen molar-refractivity contribution in [3.8, 4) is 5.75 Å². The molecule has 130 valence electrons. The number of benzene rings is 1. The lowest BCUT2D eigenvalue weighted by Gasteiger charge is -2.53. The van der Waals surface area contributed by atoms with Crippen LogP contribution in [0.2, 0.25) is 0 Å². The Morgan fingerprint density at radius 3 is 2.96 bits per heavy atom. The molecule has 0 amide bonds. The van der Waals surface area contributed by atoms with Gasteiger partial charge in [-0.25, -0.2) is 0 Å². The maximum absolute atomic E-state index is 5.46. The number of rotatable bonds is 2. The zero-order valence-corrected chi connectivity index (χ0v) is 15.4. The molecule has 3 aliphatic heterocycles. The highest BCUT2D eigenvalue weighted by Crippen LogP contribution is 2.51. The average molecular weight is 347 g/mol. The summed E-state index contributed by atoms with van der Waals surface area (Å²) >= 11 is 0. The first-order valence-electron chi connectivity index (χ1n) is 9.21. The molecule has 1 aromatic carbocycles. The molecule has 5 unspecified atom stereocenters. The zero-order valence-electron chi connectivity index (χ0n) is 14.5. The van der Waals surface area contributed by atoms with Gasteiger partial charge >= 0.3 is 0 Å². The minimum Gasteiger partial charge on any atom is -0.497 e. The van der Waals surface area contributed by atoms with Crippen molar-refractivity contribution in [3.63, 3.8) is 0 Å². The van der Waals surface area contributed by atoms with Crippen LogP contribution in [0, 0.1) is 11.8 Å². The number of hydrogen-bond acceptors (Lipinski definition) is 2. The molecule has 2 aromatic rings. The van der Waals surface area contributed by atoms with Crippen LogP contribution in [-0.2, 0) is 6.42 Å². The molecule has 4 heterocycles. The van der Waals surface area contributed by atoms with Gasteiger partial charge in [-0.3, -0.25) is 4.90 Å². The molecule has 24 heavy (non-hydrogen) atoms. The lowest BCUT2D eigenvalue weighted by atomic mass is 9.65. The minimum atomic E-state index is 0. The molecule has 2 saturated heterocycles. The van der Waals surface area contributed by atoms with Crippen LogP contribution in [0.15, 0.2) is 18.2 Å². The molecular formula is C20H27ClN2O. The smallest absolute Gasteiger partial charge is 0.119 e. The van der Waals surface area contributed by atoms with Gasteiger partial charge in [-0.05, 0) is 54.9 Å². The number of H-pyrrole nitrogens is 1. The molecule has 3 nitrogen and oxygen atoms in total. The van der Waals surface area contributed by atoms with Crippen molar-refractivity contribution in [1.82, 2.24) is 9.88 Å². The van der Waals surface area contributed by atoms with Crippen molar-refractivity contribution >= 4 is 23.3 Å². The molecule has 1 aliphatic carbocycles. The molecular weight excluding hydrogens is 320 g/mol. The Labute approximate surface area is 150 Å². The van der Waals surface area contributed by atoms with Crippen molar-refractivity contribution < 1.29 is 4.74 Å². The number of nitrogens with one attached hydrogen (secondary N) is 1. The molecule has 1 N–H and O–H groups in total. The highest BCUT2D eigenvalue weighted by Gasteiger charge is 2.48. The van der Waals surface area contributed by atoms with Gasteiger partial charge < -0.3 is 9.72 Å². The summed E-state index contributed by atoms with van der Waals surface area (Å²) in [6, 6.07) is 7.26. The number of piperidine rings is 2. The molecule has 4 aliphatic rings. The average Bonchev–Trinajstić information content (AvgIpc) is 2.92. The number of ether oxygens (including phenoxy) is 1. The summed E-state index contributed by atoms with van der Waals surface area (Å²) in [6.45, 7) is 4.95. The molecule has 0 spiro atoms. The summed E-state index contributed by atoms with van der Waals surface area (Å²) in [6.07, 6.45) is 5.35. The number of nitrogens with zero attached hydrogens (tertiary/aromatic N) is 1. The number of aromatic nitrogens is 1. The van der Waals surface area contributed by atoms with E-state index in [1.54, 1.807) is 18.4 Å². The molecule has 4 bridgehead atoms. The normalized spacial score (nSPS) is 33.7. The third-order valence-corrected chi connectivity index (χ3v) is 6.72. The Balaban J connectivity index is 0.00000146. The van der Waals surface area contributed by atoms with Gasteiger partial charge in [0, 0.05) is 41.6 Å². The van der Waals surface area contributed by atoms with Crippen molar-refractivity contribution in [1.29, 1.82) is 0 Å². The number of halogens is 1. The number of aromatic amines is 1. The second kappa shape index (κ2) is 5.96. The molecule has 4 heteroatoms. The Bertz CT molecular complexity index is 755. The fourth-order valence-electron chi connectivity index (χ4n) is 5.80. The lowest BCUT2D eigenvalue weighted by molar-refractivity contribution is -0.0134. The fraction of sp³-hybridized carbons (Fsp3) is 0.600. The van der Waals surface area contributed by atoms with Gasteiger partial charge in [-0.2, -0.15) is 0 Å². The molecule has 1 saturated carbocycles.